The summed E-state index contributed by atoms with van der Waals surface area (Å²) in [6.07, 6.45) is 0. The zero-order valence-electron chi connectivity index (χ0n) is 6.86. The molecule has 0 atom stereocenters. The first-order chi connectivity index (χ1) is 5.84. The minimum Gasteiger partial charge on any atom is -0.386 e. The molecule has 0 aromatic carbocycles. The zero-order valence-corrected chi connectivity index (χ0v) is 6.86. The molecule has 5 heteroatoms. The van der Waals surface area contributed by atoms with Crippen LogP contribution >= 0.6 is 0 Å². The number of nitrogens with zero attached hydrogens (tertiary/aromatic N) is 2. The number of morpholine rings is 1. The quantitative estimate of drug-likeness (QED) is 0.425. The van der Waals surface area contributed by atoms with Crippen LogP contribution in [-0.4, -0.2) is 50.4 Å². The average Bonchev–Trinajstić information content (AvgIpc) is 2.15. The molecular formula is C7H12N2O3. The van der Waals surface area contributed by atoms with Gasteiger partial charge in [-0.3, -0.25) is 4.79 Å². The van der Waals surface area contributed by atoms with Gasteiger partial charge in [0.2, 0.25) is 0 Å². The van der Waals surface area contributed by atoms with Gasteiger partial charge in [0.1, 0.15) is 0 Å². The normalized spacial score (nSPS) is 17.2. The van der Waals surface area contributed by atoms with Crippen LogP contribution < -0.4 is 0 Å². The third-order valence-corrected chi connectivity index (χ3v) is 1.64. The van der Waals surface area contributed by atoms with Crippen molar-refractivity contribution in [1.29, 1.82) is 0 Å². The molecule has 12 heavy (non-hydrogen) atoms. The molecule has 1 heterocycles. The van der Waals surface area contributed by atoms with Crippen LogP contribution in [0.1, 0.15) is 0 Å². The maximum Gasteiger partial charge on any atom is 0.263 e. The summed E-state index contributed by atoms with van der Waals surface area (Å²) in [5, 5.41) is 3.14. The fourth-order valence-corrected chi connectivity index (χ4v) is 1.00. The van der Waals surface area contributed by atoms with E-state index < -0.39 is 0 Å². The van der Waals surface area contributed by atoms with Crippen molar-refractivity contribution in [1.82, 2.24) is 4.90 Å². The molecule has 0 bridgehead atoms. The third kappa shape index (κ3) is 2.50. The lowest BCUT2D eigenvalue weighted by atomic mass is 10.4. The Balaban J connectivity index is 2.24. The summed E-state index contributed by atoms with van der Waals surface area (Å²) in [5.74, 6) is -0.0642. The maximum absolute atomic E-state index is 11.2. The first-order valence-corrected chi connectivity index (χ1v) is 3.78. The Morgan fingerprint density at radius 2 is 2.25 bits per heavy atom. The molecule has 1 amide bonds. The molecule has 0 saturated carbocycles. The highest BCUT2D eigenvalue weighted by molar-refractivity contribution is 5.77. The molecule has 0 aromatic rings. The summed E-state index contributed by atoms with van der Waals surface area (Å²) in [6, 6.07) is 0. The molecule has 0 unspecified atom stereocenters. The topological polar surface area (TPSA) is 51.1 Å². The van der Waals surface area contributed by atoms with Crippen molar-refractivity contribution in [3.8, 4) is 0 Å². The first kappa shape index (κ1) is 8.99. The van der Waals surface area contributed by atoms with E-state index >= 15 is 0 Å². The predicted molar refractivity (Wildman–Crippen MR) is 42.9 cm³/mol. The van der Waals surface area contributed by atoms with Crippen molar-refractivity contribution in [3.63, 3.8) is 0 Å². The van der Waals surface area contributed by atoms with Crippen molar-refractivity contribution in [2.45, 2.75) is 0 Å². The van der Waals surface area contributed by atoms with E-state index in [0.717, 1.165) is 0 Å². The summed E-state index contributed by atoms with van der Waals surface area (Å²) >= 11 is 0. The summed E-state index contributed by atoms with van der Waals surface area (Å²) < 4.78 is 5.08. The monoisotopic (exact) mass is 172 g/mol. The van der Waals surface area contributed by atoms with Crippen molar-refractivity contribution in [2.24, 2.45) is 5.16 Å². The fourth-order valence-electron chi connectivity index (χ4n) is 1.00. The highest BCUT2D eigenvalue weighted by Crippen LogP contribution is 1.97. The molecule has 0 radical (unpaired) electrons. The van der Waals surface area contributed by atoms with Gasteiger partial charge in [0, 0.05) is 19.8 Å². The molecule has 1 aliphatic rings. The zero-order chi connectivity index (χ0) is 8.81. The van der Waals surface area contributed by atoms with Crippen LogP contribution in [0.15, 0.2) is 5.16 Å². The fraction of sp³-hybridized carbons (Fsp3) is 0.714. The Hall–Kier alpha value is -1.10. The SMILES string of the molecule is C=NOCC(=O)N1CCOCC1. The molecule has 0 N–H and O–H groups in total. The van der Waals surface area contributed by atoms with Gasteiger partial charge in [-0.05, 0) is 0 Å². The molecule has 5 nitrogen and oxygen atoms in total. The minimum atomic E-state index is -0.0642. The van der Waals surface area contributed by atoms with Crippen LogP contribution in [0.4, 0.5) is 0 Å². The Labute approximate surface area is 70.9 Å². The molecule has 1 fully saturated rings. The Bertz CT molecular complexity index is 166. The van der Waals surface area contributed by atoms with E-state index in [-0.39, 0.29) is 12.5 Å². The molecule has 0 aliphatic carbocycles. The van der Waals surface area contributed by atoms with Gasteiger partial charge >= 0.3 is 0 Å². The Morgan fingerprint density at radius 3 is 2.83 bits per heavy atom. The molecule has 68 valence electrons. The van der Waals surface area contributed by atoms with E-state index in [1.807, 2.05) is 0 Å². The molecule has 0 aromatic heterocycles. The van der Waals surface area contributed by atoms with Gasteiger partial charge in [-0.15, -0.1) is 5.16 Å². The van der Waals surface area contributed by atoms with Crippen LogP contribution in [-0.2, 0) is 14.4 Å². The number of ether oxygens (including phenoxy) is 1. The van der Waals surface area contributed by atoms with Gasteiger partial charge in [-0.1, -0.05) is 0 Å². The van der Waals surface area contributed by atoms with E-state index in [2.05, 4.69) is 16.7 Å². The predicted octanol–water partition coefficient (Wildman–Crippen LogP) is -0.523. The Morgan fingerprint density at radius 1 is 1.58 bits per heavy atom. The second-order valence-corrected chi connectivity index (χ2v) is 2.40. The van der Waals surface area contributed by atoms with Crippen LogP contribution in [0.25, 0.3) is 0 Å². The van der Waals surface area contributed by atoms with Crippen molar-refractivity contribution in [2.75, 3.05) is 32.9 Å². The molecule has 1 rings (SSSR count). The van der Waals surface area contributed by atoms with Crippen molar-refractivity contribution < 1.29 is 14.4 Å². The van der Waals surface area contributed by atoms with Crippen LogP contribution in [0, 0.1) is 0 Å². The summed E-state index contributed by atoms with van der Waals surface area (Å²) in [6.45, 7) is 5.57. The lowest BCUT2D eigenvalue weighted by Gasteiger charge is -2.26. The number of amides is 1. The maximum atomic E-state index is 11.2. The van der Waals surface area contributed by atoms with Crippen molar-refractivity contribution in [3.05, 3.63) is 0 Å². The first-order valence-electron chi connectivity index (χ1n) is 3.78. The highest BCUT2D eigenvalue weighted by Gasteiger charge is 2.16. The summed E-state index contributed by atoms with van der Waals surface area (Å²) in [5.41, 5.74) is 0. The lowest BCUT2D eigenvalue weighted by molar-refractivity contribution is -0.140. The number of hydrogen-bond acceptors (Lipinski definition) is 4. The number of oxime groups is 1. The third-order valence-electron chi connectivity index (χ3n) is 1.64. The smallest absolute Gasteiger partial charge is 0.263 e. The van der Waals surface area contributed by atoms with E-state index in [1.165, 1.54) is 0 Å². The number of hydrogen-bond donors (Lipinski definition) is 0. The van der Waals surface area contributed by atoms with Gasteiger partial charge in [0.05, 0.1) is 13.2 Å². The average molecular weight is 172 g/mol. The lowest BCUT2D eigenvalue weighted by Crippen LogP contribution is -2.42. The number of carbonyl (C=O) groups is 1. The Kier molecular flexibility index (Phi) is 3.53. The van der Waals surface area contributed by atoms with E-state index in [9.17, 15) is 4.79 Å². The number of rotatable bonds is 3. The van der Waals surface area contributed by atoms with E-state index in [0.29, 0.717) is 26.3 Å². The molecule has 1 saturated heterocycles. The summed E-state index contributed by atoms with van der Waals surface area (Å²) in [7, 11) is 0. The molecule has 0 spiro atoms. The van der Waals surface area contributed by atoms with E-state index in [1.54, 1.807) is 4.90 Å². The second-order valence-electron chi connectivity index (χ2n) is 2.40. The van der Waals surface area contributed by atoms with Gasteiger partial charge in [-0.25, -0.2) is 0 Å². The largest absolute Gasteiger partial charge is 0.386 e. The molecular weight excluding hydrogens is 160 g/mol. The number of carbonyl (C=O) groups excluding carboxylic acids is 1. The van der Waals surface area contributed by atoms with Gasteiger partial charge in [0.25, 0.3) is 5.91 Å². The minimum absolute atomic E-state index is 0.0243. The van der Waals surface area contributed by atoms with Gasteiger partial charge in [0.15, 0.2) is 6.61 Å². The second kappa shape index (κ2) is 4.71. The van der Waals surface area contributed by atoms with Crippen LogP contribution in [0.5, 0.6) is 0 Å². The van der Waals surface area contributed by atoms with Crippen LogP contribution in [0.2, 0.25) is 0 Å². The molecule has 1 aliphatic heterocycles. The van der Waals surface area contributed by atoms with Crippen molar-refractivity contribution >= 4 is 12.6 Å². The van der Waals surface area contributed by atoms with Gasteiger partial charge in [-0.2, -0.15) is 0 Å². The summed E-state index contributed by atoms with van der Waals surface area (Å²) in [4.78, 5) is 17.4. The van der Waals surface area contributed by atoms with Crippen LogP contribution in [0.3, 0.4) is 0 Å². The highest BCUT2D eigenvalue weighted by atomic mass is 16.6. The van der Waals surface area contributed by atoms with Gasteiger partial charge < -0.3 is 14.5 Å². The van der Waals surface area contributed by atoms with E-state index in [4.69, 9.17) is 4.74 Å². The standard InChI is InChI=1S/C7H12N2O3/c1-8-12-6-7(10)9-2-4-11-5-3-9/h1-6H2.